The van der Waals surface area contributed by atoms with Crippen LogP contribution >= 0.6 is 0 Å². The van der Waals surface area contributed by atoms with E-state index in [1.54, 1.807) is 0 Å². The molecule has 0 bridgehead atoms. The quantitative estimate of drug-likeness (QED) is 0.0962. The molecule has 6 nitrogen and oxygen atoms in total. The maximum absolute atomic E-state index is 2.44. The first kappa shape index (κ1) is 57.0. The first-order chi connectivity index (χ1) is 47.6. The van der Waals surface area contributed by atoms with E-state index in [2.05, 4.69) is 417 Å². The van der Waals surface area contributed by atoms with E-state index < -0.39 is 0 Å². The van der Waals surface area contributed by atoms with Crippen molar-refractivity contribution >= 4 is 112 Å². The maximum atomic E-state index is 2.44. The van der Waals surface area contributed by atoms with Gasteiger partial charge in [-0.25, -0.2) is 0 Å². The Labute approximate surface area is 559 Å². The molecular weight excluding hydrogens is 1170 g/mol. The van der Waals surface area contributed by atoms with Gasteiger partial charge < -0.3 is 28.7 Å². The molecule has 0 amide bonds. The fourth-order valence-corrected chi connectivity index (χ4v) is 13.8. The van der Waals surface area contributed by atoms with Gasteiger partial charge in [0.2, 0.25) is 0 Å². The highest BCUT2D eigenvalue weighted by Crippen LogP contribution is 2.45. The summed E-state index contributed by atoms with van der Waals surface area (Å²) in [6.07, 6.45) is 0. The molecule has 454 valence electrons. The van der Waals surface area contributed by atoms with Crippen LogP contribution in [0, 0.1) is 0 Å². The Morgan fingerprint density at radius 2 is 0.385 bits per heavy atom. The van der Waals surface area contributed by atoms with E-state index in [0.29, 0.717) is 0 Å². The van der Waals surface area contributed by atoms with E-state index >= 15 is 0 Å². The molecule has 15 aromatic carbocycles. The fourth-order valence-electron chi connectivity index (χ4n) is 13.8. The number of hydrogen-bond donors (Lipinski definition) is 0. The van der Waals surface area contributed by atoms with Gasteiger partial charge >= 0.3 is 0 Å². The lowest BCUT2D eigenvalue weighted by atomic mass is 10.1. The minimum Gasteiger partial charge on any atom is -0.311 e. The normalized spacial score (nSPS) is 11.3. The highest BCUT2D eigenvalue weighted by molar-refractivity contribution is 6.03. The van der Waals surface area contributed by atoms with Gasteiger partial charge in [-0.1, -0.05) is 194 Å². The highest BCUT2D eigenvalue weighted by atomic mass is 15.2. The summed E-state index contributed by atoms with van der Waals surface area (Å²) in [5.74, 6) is 0. The number of aromatic nitrogens is 2. The molecule has 0 aliphatic carbocycles. The first-order valence-corrected chi connectivity index (χ1v) is 32.7. The van der Waals surface area contributed by atoms with Crippen molar-refractivity contribution in [2.45, 2.75) is 0 Å². The Balaban J connectivity index is 0.765. The molecular formula is C90H64N6. The third kappa shape index (κ3) is 10.8. The van der Waals surface area contributed by atoms with Gasteiger partial charge in [0.15, 0.2) is 0 Å². The molecule has 0 atom stereocenters. The van der Waals surface area contributed by atoms with Crippen LogP contribution in [0.15, 0.2) is 388 Å². The van der Waals surface area contributed by atoms with Gasteiger partial charge in [-0.2, -0.15) is 0 Å². The molecule has 6 heteroatoms. The van der Waals surface area contributed by atoms with E-state index in [4.69, 9.17) is 0 Å². The zero-order valence-electron chi connectivity index (χ0n) is 52.6. The summed E-state index contributed by atoms with van der Waals surface area (Å²) in [5.41, 5.74) is 21.8. The van der Waals surface area contributed by atoms with Crippen LogP contribution in [0.5, 0.6) is 0 Å². The molecule has 17 rings (SSSR count). The second kappa shape index (κ2) is 25.0. The molecule has 0 fully saturated rings. The Kier molecular flexibility index (Phi) is 14.8. The Morgan fingerprint density at radius 3 is 0.688 bits per heavy atom. The standard InChI is InChI=1S/C90H64N6/c1-7-25-67(26-8-1)87-61-71-63-90-72(64-89(71)95(87)83-55-51-81(52-56-83)93(85-41-39-65-23-19-21-29-69(65)59-85)79-47-43-77(44-48-79)91(73-31-11-3-12-32-73)74-33-13-4-14-34-74)62-88(68-27-9-2-10-28-68)96(90)84-57-53-82(54-58-84)94(86-42-40-66-24-20-22-30-70(66)60-86)80-49-45-78(46-50-80)92(75-35-15-5-16-36-75)76-37-17-6-18-38-76/h1-64H. The van der Waals surface area contributed by atoms with Gasteiger partial charge in [-0.3, -0.25) is 0 Å². The van der Waals surface area contributed by atoms with Gasteiger partial charge in [0.1, 0.15) is 0 Å². The van der Waals surface area contributed by atoms with Crippen LogP contribution in [0.25, 0.3) is 77.2 Å². The lowest BCUT2D eigenvalue weighted by Gasteiger charge is -2.28. The lowest BCUT2D eigenvalue weighted by Crippen LogP contribution is -2.12. The predicted octanol–water partition coefficient (Wildman–Crippen LogP) is 25.1. The highest BCUT2D eigenvalue weighted by Gasteiger charge is 2.23. The molecule has 0 radical (unpaired) electrons. The van der Waals surface area contributed by atoms with Crippen LogP contribution in [-0.4, -0.2) is 9.13 Å². The number of para-hydroxylation sites is 4. The van der Waals surface area contributed by atoms with Crippen molar-refractivity contribution in [3.05, 3.63) is 388 Å². The molecule has 17 aromatic rings. The van der Waals surface area contributed by atoms with Crippen LogP contribution in [0.2, 0.25) is 0 Å². The van der Waals surface area contributed by atoms with Gasteiger partial charge in [0, 0.05) is 90.4 Å². The molecule has 0 saturated carbocycles. The third-order valence-corrected chi connectivity index (χ3v) is 18.4. The van der Waals surface area contributed by atoms with Crippen LogP contribution in [-0.2, 0) is 0 Å². The largest absolute Gasteiger partial charge is 0.311 e. The van der Waals surface area contributed by atoms with Gasteiger partial charge in [0.05, 0.1) is 22.4 Å². The van der Waals surface area contributed by atoms with Crippen molar-refractivity contribution in [3.8, 4) is 33.9 Å². The summed E-state index contributed by atoms with van der Waals surface area (Å²) < 4.78 is 4.88. The van der Waals surface area contributed by atoms with Crippen molar-refractivity contribution in [3.63, 3.8) is 0 Å². The van der Waals surface area contributed by atoms with Gasteiger partial charge in [-0.15, -0.1) is 0 Å². The Morgan fingerprint density at radius 1 is 0.156 bits per heavy atom. The summed E-state index contributed by atoms with van der Waals surface area (Å²) in [6.45, 7) is 0. The van der Waals surface area contributed by atoms with Crippen molar-refractivity contribution < 1.29 is 0 Å². The van der Waals surface area contributed by atoms with Crippen molar-refractivity contribution in [2.75, 3.05) is 19.6 Å². The maximum Gasteiger partial charge on any atom is 0.0542 e. The molecule has 0 aliphatic heterocycles. The zero-order valence-corrected chi connectivity index (χ0v) is 52.6. The minimum atomic E-state index is 1.05. The number of hydrogen-bond acceptors (Lipinski definition) is 4. The monoisotopic (exact) mass is 1230 g/mol. The Hall–Kier alpha value is -12.9. The van der Waals surface area contributed by atoms with E-state index in [-0.39, 0.29) is 0 Å². The average molecular weight is 1230 g/mol. The number of rotatable bonds is 16. The molecule has 2 aromatic heterocycles. The van der Waals surface area contributed by atoms with E-state index in [1.165, 1.54) is 21.5 Å². The van der Waals surface area contributed by atoms with Crippen molar-refractivity contribution in [1.82, 2.24) is 9.13 Å². The minimum absolute atomic E-state index is 1.05. The van der Waals surface area contributed by atoms with Crippen LogP contribution in [0.4, 0.5) is 68.2 Å². The fraction of sp³-hybridized carbons (Fsp3) is 0. The van der Waals surface area contributed by atoms with Gasteiger partial charge in [-0.05, 0) is 227 Å². The summed E-state index contributed by atoms with van der Waals surface area (Å²) in [7, 11) is 0. The smallest absolute Gasteiger partial charge is 0.0542 e. The van der Waals surface area contributed by atoms with Crippen LogP contribution in [0.3, 0.4) is 0 Å². The molecule has 0 N–H and O–H groups in total. The van der Waals surface area contributed by atoms with Crippen LogP contribution < -0.4 is 19.6 Å². The Bertz CT molecular complexity index is 5120. The predicted molar refractivity (Wildman–Crippen MR) is 405 cm³/mol. The second-order valence-electron chi connectivity index (χ2n) is 24.2. The van der Waals surface area contributed by atoms with Gasteiger partial charge in [0.25, 0.3) is 0 Å². The lowest BCUT2D eigenvalue weighted by molar-refractivity contribution is 1.13. The zero-order chi connectivity index (χ0) is 63.7. The summed E-state index contributed by atoms with van der Waals surface area (Å²) >= 11 is 0. The van der Waals surface area contributed by atoms with E-state index in [1.807, 2.05) is 0 Å². The summed E-state index contributed by atoms with van der Waals surface area (Å²) in [4.78, 5) is 9.36. The summed E-state index contributed by atoms with van der Waals surface area (Å²) in [6, 6.07) is 140. The topological polar surface area (TPSA) is 22.8 Å². The first-order valence-electron chi connectivity index (χ1n) is 32.7. The molecule has 0 unspecified atom stereocenters. The second-order valence-corrected chi connectivity index (χ2v) is 24.2. The number of anilines is 12. The molecule has 0 aliphatic rings. The molecule has 96 heavy (non-hydrogen) atoms. The van der Waals surface area contributed by atoms with Crippen molar-refractivity contribution in [1.29, 1.82) is 0 Å². The SMILES string of the molecule is c1ccc(-c2cc3cc4c(cc(-c5ccccc5)n4-c4ccc(N(c5ccc(N(c6ccccc6)c6ccccc6)cc5)c5ccc6ccccc6c5)cc4)cc3n2-c2ccc(N(c3ccc(N(c4ccccc4)c4ccccc4)cc3)c3ccc4ccccc4c3)cc2)cc1. The summed E-state index contributed by atoms with van der Waals surface area (Å²) in [5, 5.41) is 7.05. The third-order valence-electron chi connectivity index (χ3n) is 18.4. The van der Waals surface area contributed by atoms with E-state index in [9.17, 15) is 0 Å². The molecule has 0 spiro atoms. The number of benzene rings is 15. The molecule has 2 heterocycles. The number of fused-ring (bicyclic) bond motifs is 4. The molecule has 0 saturated heterocycles. The van der Waals surface area contributed by atoms with E-state index in [0.717, 1.165) is 124 Å². The average Bonchev–Trinajstić information content (AvgIpc) is 1.59. The number of nitrogens with zero attached hydrogens (tertiary/aromatic N) is 6. The van der Waals surface area contributed by atoms with Crippen LogP contribution in [0.1, 0.15) is 0 Å². The van der Waals surface area contributed by atoms with Crippen molar-refractivity contribution in [2.24, 2.45) is 0 Å².